The van der Waals surface area contributed by atoms with Gasteiger partial charge in [0.1, 0.15) is 12.4 Å². The minimum absolute atomic E-state index is 0.282. The van der Waals surface area contributed by atoms with Gasteiger partial charge in [0, 0.05) is 26.7 Å². The molecule has 120 valence electrons. The van der Waals surface area contributed by atoms with E-state index < -0.39 is 10.0 Å². The summed E-state index contributed by atoms with van der Waals surface area (Å²) in [4.78, 5) is 2.23. The van der Waals surface area contributed by atoms with Crippen LogP contribution < -0.4 is 10.1 Å². The third kappa shape index (κ3) is 5.62. The lowest BCUT2D eigenvalue weighted by Gasteiger charge is -2.19. The second kappa shape index (κ2) is 8.33. The molecule has 0 spiro atoms. The van der Waals surface area contributed by atoms with Crippen LogP contribution in [0.2, 0.25) is 0 Å². The van der Waals surface area contributed by atoms with Gasteiger partial charge in [-0.2, -0.15) is 4.31 Å². The van der Waals surface area contributed by atoms with Gasteiger partial charge in [-0.3, -0.25) is 0 Å². The number of rotatable bonds is 9. The fourth-order valence-corrected chi connectivity index (χ4v) is 2.78. The van der Waals surface area contributed by atoms with Crippen LogP contribution >= 0.6 is 0 Å². The van der Waals surface area contributed by atoms with E-state index in [2.05, 4.69) is 5.32 Å². The SMILES string of the molecule is CNCCOc1ccc(S(=O)(=O)N(C)CCN(C)C)cc1. The Morgan fingerprint density at radius 3 is 2.24 bits per heavy atom. The lowest BCUT2D eigenvalue weighted by molar-refractivity contribution is 0.318. The lowest BCUT2D eigenvalue weighted by atomic mass is 10.3. The van der Waals surface area contributed by atoms with E-state index in [-0.39, 0.29) is 4.90 Å². The smallest absolute Gasteiger partial charge is 0.242 e. The zero-order chi connectivity index (χ0) is 15.9. The number of hydrogen-bond donors (Lipinski definition) is 1. The van der Waals surface area contributed by atoms with Gasteiger partial charge in [-0.05, 0) is 45.4 Å². The zero-order valence-corrected chi connectivity index (χ0v) is 14.0. The topological polar surface area (TPSA) is 61.9 Å². The molecule has 0 radical (unpaired) electrons. The monoisotopic (exact) mass is 315 g/mol. The maximum Gasteiger partial charge on any atom is 0.242 e. The van der Waals surface area contributed by atoms with E-state index in [1.807, 2.05) is 26.0 Å². The van der Waals surface area contributed by atoms with Gasteiger partial charge >= 0.3 is 0 Å². The zero-order valence-electron chi connectivity index (χ0n) is 13.2. The fourth-order valence-electron chi connectivity index (χ4n) is 1.62. The number of hydrogen-bond acceptors (Lipinski definition) is 5. The van der Waals surface area contributed by atoms with Crippen LogP contribution in [0.15, 0.2) is 29.2 Å². The number of ether oxygens (including phenoxy) is 1. The largest absolute Gasteiger partial charge is 0.492 e. The maximum atomic E-state index is 12.4. The van der Waals surface area contributed by atoms with Crippen molar-refractivity contribution in [1.29, 1.82) is 0 Å². The first-order valence-electron chi connectivity index (χ1n) is 6.86. The van der Waals surface area contributed by atoms with E-state index in [0.717, 1.165) is 6.54 Å². The Bertz CT molecular complexity index is 515. The summed E-state index contributed by atoms with van der Waals surface area (Å²) in [6, 6.07) is 6.52. The van der Waals surface area contributed by atoms with Gasteiger partial charge in [0.25, 0.3) is 0 Å². The third-order valence-corrected chi connectivity index (χ3v) is 4.89. The number of benzene rings is 1. The van der Waals surface area contributed by atoms with Gasteiger partial charge in [-0.1, -0.05) is 0 Å². The molecule has 1 N–H and O–H groups in total. The van der Waals surface area contributed by atoms with Crippen molar-refractivity contribution >= 4 is 10.0 Å². The number of likely N-dealkylation sites (N-methyl/N-ethyl adjacent to an activating group) is 3. The van der Waals surface area contributed by atoms with Crippen LogP contribution in [0.25, 0.3) is 0 Å². The Hall–Kier alpha value is -1.15. The minimum Gasteiger partial charge on any atom is -0.492 e. The average Bonchev–Trinajstić information content (AvgIpc) is 2.45. The molecule has 0 aliphatic rings. The summed E-state index contributed by atoms with van der Waals surface area (Å²) in [6.45, 7) is 2.43. The van der Waals surface area contributed by atoms with Crippen LogP contribution in [-0.2, 0) is 10.0 Å². The molecular weight excluding hydrogens is 290 g/mol. The molecule has 0 fully saturated rings. The van der Waals surface area contributed by atoms with E-state index in [1.165, 1.54) is 4.31 Å². The molecule has 0 heterocycles. The molecule has 21 heavy (non-hydrogen) atoms. The highest BCUT2D eigenvalue weighted by Crippen LogP contribution is 2.18. The molecule has 1 aromatic carbocycles. The molecule has 0 aromatic heterocycles. The summed E-state index contributed by atoms with van der Waals surface area (Å²) in [5, 5.41) is 2.98. The Morgan fingerprint density at radius 2 is 1.71 bits per heavy atom. The highest BCUT2D eigenvalue weighted by atomic mass is 32.2. The second-order valence-electron chi connectivity index (χ2n) is 5.05. The summed E-state index contributed by atoms with van der Waals surface area (Å²) in [7, 11) is 3.83. The highest BCUT2D eigenvalue weighted by molar-refractivity contribution is 7.89. The molecule has 1 rings (SSSR count). The van der Waals surface area contributed by atoms with Gasteiger partial charge < -0.3 is 15.0 Å². The summed E-state index contributed by atoms with van der Waals surface area (Å²) in [5.41, 5.74) is 0. The van der Waals surface area contributed by atoms with Crippen molar-refractivity contribution in [2.75, 3.05) is 54.4 Å². The van der Waals surface area contributed by atoms with Crippen molar-refractivity contribution in [3.63, 3.8) is 0 Å². The van der Waals surface area contributed by atoms with Crippen molar-refractivity contribution in [2.24, 2.45) is 0 Å². The molecule has 0 amide bonds. The van der Waals surface area contributed by atoms with Gasteiger partial charge in [0.15, 0.2) is 0 Å². The van der Waals surface area contributed by atoms with Crippen LogP contribution in [-0.4, -0.2) is 72.1 Å². The van der Waals surface area contributed by atoms with E-state index in [4.69, 9.17) is 4.74 Å². The van der Waals surface area contributed by atoms with E-state index in [1.54, 1.807) is 31.3 Å². The predicted molar refractivity (Wildman–Crippen MR) is 84.2 cm³/mol. The molecule has 0 saturated heterocycles. The number of sulfonamides is 1. The molecule has 0 atom stereocenters. The van der Waals surface area contributed by atoms with Crippen LogP contribution in [0.3, 0.4) is 0 Å². The maximum absolute atomic E-state index is 12.4. The van der Waals surface area contributed by atoms with Crippen molar-refractivity contribution in [1.82, 2.24) is 14.5 Å². The van der Waals surface area contributed by atoms with Crippen LogP contribution in [0.1, 0.15) is 0 Å². The Labute approximate surface area is 127 Å². The molecule has 0 aliphatic carbocycles. The van der Waals surface area contributed by atoms with E-state index >= 15 is 0 Å². The summed E-state index contributed by atoms with van der Waals surface area (Å²) >= 11 is 0. The summed E-state index contributed by atoms with van der Waals surface area (Å²) in [6.07, 6.45) is 0. The lowest BCUT2D eigenvalue weighted by Crippen LogP contribution is -2.33. The molecule has 7 heteroatoms. The average molecular weight is 315 g/mol. The third-order valence-electron chi connectivity index (χ3n) is 3.01. The highest BCUT2D eigenvalue weighted by Gasteiger charge is 2.20. The first-order valence-corrected chi connectivity index (χ1v) is 8.30. The Balaban J connectivity index is 2.70. The van der Waals surface area contributed by atoms with Crippen LogP contribution in [0.4, 0.5) is 0 Å². The second-order valence-corrected chi connectivity index (χ2v) is 7.10. The van der Waals surface area contributed by atoms with Gasteiger partial charge in [-0.25, -0.2) is 8.42 Å². The van der Waals surface area contributed by atoms with E-state index in [9.17, 15) is 8.42 Å². The van der Waals surface area contributed by atoms with Crippen molar-refractivity contribution < 1.29 is 13.2 Å². The number of nitrogens with one attached hydrogen (secondary N) is 1. The van der Waals surface area contributed by atoms with Crippen molar-refractivity contribution in [2.45, 2.75) is 4.90 Å². The normalized spacial score (nSPS) is 12.1. The fraction of sp³-hybridized carbons (Fsp3) is 0.571. The molecule has 0 bridgehead atoms. The first-order chi connectivity index (χ1) is 9.87. The van der Waals surface area contributed by atoms with Gasteiger partial charge in [0.2, 0.25) is 10.0 Å². The molecule has 1 aromatic rings. The van der Waals surface area contributed by atoms with Crippen molar-refractivity contribution in [3.8, 4) is 5.75 Å². The Kier molecular flexibility index (Phi) is 7.10. The van der Waals surface area contributed by atoms with Gasteiger partial charge in [0.05, 0.1) is 4.90 Å². The number of nitrogens with zero attached hydrogens (tertiary/aromatic N) is 2. The van der Waals surface area contributed by atoms with Gasteiger partial charge in [-0.15, -0.1) is 0 Å². The quantitative estimate of drug-likeness (QED) is 0.671. The first kappa shape index (κ1) is 17.9. The Morgan fingerprint density at radius 1 is 1.10 bits per heavy atom. The molecular formula is C14H25N3O3S. The van der Waals surface area contributed by atoms with Crippen LogP contribution in [0.5, 0.6) is 5.75 Å². The summed E-state index contributed by atoms with van der Waals surface area (Å²) < 4.78 is 31.6. The standard InChI is InChI=1S/C14H25N3O3S/c1-15-9-12-20-13-5-7-14(8-6-13)21(18,19)17(4)11-10-16(2)3/h5-8,15H,9-12H2,1-4H3. The van der Waals surface area contributed by atoms with E-state index in [0.29, 0.717) is 25.4 Å². The molecule has 0 aliphatic heterocycles. The summed E-state index contributed by atoms with van der Waals surface area (Å²) in [5.74, 6) is 0.667. The van der Waals surface area contributed by atoms with Crippen LogP contribution in [0, 0.1) is 0 Å². The molecule has 6 nitrogen and oxygen atoms in total. The minimum atomic E-state index is -3.44. The van der Waals surface area contributed by atoms with Crippen molar-refractivity contribution in [3.05, 3.63) is 24.3 Å². The molecule has 0 saturated carbocycles. The predicted octanol–water partition coefficient (Wildman–Crippen LogP) is 0.467. The molecule has 0 unspecified atom stereocenters.